The van der Waals surface area contributed by atoms with E-state index in [2.05, 4.69) is 0 Å². The predicted octanol–water partition coefficient (Wildman–Crippen LogP) is 3.69. The van der Waals surface area contributed by atoms with Gasteiger partial charge in [0, 0.05) is 30.1 Å². The largest absolute Gasteiger partial charge is 0.483 e. The van der Waals surface area contributed by atoms with E-state index in [1.54, 1.807) is 17.9 Å². The molecule has 33 heavy (non-hydrogen) atoms. The molecule has 1 aliphatic heterocycles. The van der Waals surface area contributed by atoms with Crippen LogP contribution in [0.5, 0.6) is 5.75 Å². The number of carbonyl (C=O) groups is 2. The second-order valence-corrected chi connectivity index (χ2v) is 8.43. The minimum absolute atomic E-state index is 0.171. The van der Waals surface area contributed by atoms with Crippen LogP contribution in [0.15, 0.2) is 57.7 Å². The highest BCUT2D eigenvalue weighted by Crippen LogP contribution is 2.36. The van der Waals surface area contributed by atoms with Crippen LogP contribution in [-0.4, -0.2) is 41.6 Å². The van der Waals surface area contributed by atoms with Crippen molar-refractivity contribution in [2.24, 2.45) is 0 Å². The Balaban J connectivity index is 1.45. The summed E-state index contributed by atoms with van der Waals surface area (Å²) in [7, 11) is 0. The van der Waals surface area contributed by atoms with E-state index in [4.69, 9.17) is 9.15 Å². The summed E-state index contributed by atoms with van der Waals surface area (Å²) in [6.45, 7) is 4.29. The summed E-state index contributed by atoms with van der Waals surface area (Å²) in [5.41, 5.74) is 1.41. The molecule has 0 saturated carbocycles. The molecule has 0 unspecified atom stereocenters. The number of amides is 1. The molecule has 2 heterocycles. The van der Waals surface area contributed by atoms with Crippen molar-refractivity contribution in [2.45, 2.75) is 38.5 Å². The number of aryl methyl sites for hydroxylation is 2. The van der Waals surface area contributed by atoms with Gasteiger partial charge in [-0.25, -0.2) is 4.79 Å². The van der Waals surface area contributed by atoms with Crippen molar-refractivity contribution >= 4 is 22.8 Å². The molecule has 0 radical (unpaired) electrons. The monoisotopic (exact) mass is 449 g/mol. The number of carboxylic acids is 1. The van der Waals surface area contributed by atoms with E-state index < -0.39 is 17.0 Å². The maximum Gasteiger partial charge on any atom is 0.336 e. The number of ether oxygens (including phenoxy) is 1. The first-order valence-electron chi connectivity index (χ1n) is 11.1. The zero-order valence-electron chi connectivity index (χ0n) is 18.8. The van der Waals surface area contributed by atoms with Crippen LogP contribution >= 0.6 is 0 Å². The van der Waals surface area contributed by atoms with Gasteiger partial charge >= 0.3 is 11.6 Å². The highest BCUT2D eigenvalue weighted by Gasteiger charge is 2.43. The number of fused-ring (bicyclic) bond motifs is 1. The molecule has 1 fully saturated rings. The van der Waals surface area contributed by atoms with E-state index >= 15 is 0 Å². The van der Waals surface area contributed by atoms with Crippen LogP contribution < -0.4 is 10.4 Å². The quantitative estimate of drug-likeness (QED) is 0.577. The molecule has 172 valence electrons. The molecule has 7 heteroatoms. The lowest BCUT2D eigenvalue weighted by Crippen LogP contribution is -2.50. The summed E-state index contributed by atoms with van der Waals surface area (Å²) in [6, 6.07) is 14.3. The lowest BCUT2D eigenvalue weighted by Gasteiger charge is -2.39. The minimum atomic E-state index is -0.984. The molecule has 0 bridgehead atoms. The Morgan fingerprint density at radius 1 is 1.12 bits per heavy atom. The van der Waals surface area contributed by atoms with Gasteiger partial charge in [0.2, 0.25) is 0 Å². The summed E-state index contributed by atoms with van der Waals surface area (Å²) < 4.78 is 11.2. The molecule has 0 atom stereocenters. The Bertz CT molecular complexity index is 1240. The van der Waals surface area contributed by atoms with Crippen molar-refractivity contribution in [2.75, 3.05) is 19.7 Å². The first-order valence-corrected chi connectivity index (χ1v) is 11.1. The molecule has 1 amide bonds. The minimum Gasteiger partial charge on any atom is -0.483 e. The predicted molar refractivity (Wildman–Crippen MR) is 124 cm³/mol. The topological polar surface area (TPSA) is 97.0 Å². The number of likely N-dealkylation sites (tertiary alicyclic amines) is 1. The first kappa shape index (κ1) is 22.6. The maximum absolute atomic E-state index is 12.8. The summed E-state index contributed by atoms with van der Waals surface area (Å²) in [5, 5.41) is 10.8. The average Bonchev–Trinajstić information content (AvgIpc) is 2.83. The zero-order valence-corrected chi connectivity index (χ0v) is 18.8. The van der Waals surface area contributed by atoms with Crippen molar-refractivity contribution in [3.63, 3.8) is 0 Å². The van der Waals surface area contributed by atoms with Crippen molar-refractivity contribution in [3.05, 3.63) is 75.6 Å². The Kier molecular flexibility index (Phi) is 6.22. The average molecular weight is 450 g/mol. The second-order valence-electron chi connectivity index (χ2n) is 8.43. The normalized spacial score (nSPS) is 15.4. The molecule has 1 aliphatic rings. The molecule has 1 saturated heterocycles. The fourth-order valence-electron chi connectivity index (χ4n) is 4.61. The molecule has 2 aromatic carbocycles. The van der Waals surface area contributed by atoms with Crippen LogP contribution in [0.3, 0.4) is 0 Å². The molecule has 1 N–H and O–H groups in total. The fraction of sp³-hybridized carbons (Fsp3) is 0.346. The van der Waals surface area contributed by atoms with E-state index in [0.29, 0.717) is 49.2 Å². The van der Waals surface area contributed by atoms with E-state index in [-0.39, 0.29) is 12.5 Å². The van der Waals surface area contributed by atoms with Gasteiger partial charge in [-0.3, -0.25) is 9.59 Å². The number of piperidine rings is 1. The van der Waals surface area contributed by atoms with Gasteiger partial charge in [-0.1, -0.05) is 37.3 Å². The van der Waals surface area contributed by atoms with Crippen LogP contribution in [-0.2, 0) is 21.4 Å². The molecule has 0 aliphatic carbocycles. The van der Waals surface area contributed by atoms with Crippen molar-refractivity contribution in [1.29, 1.82) is 0 Å². The maximum atomic E-state index is 12.8. The van der Waals surface area contributed by atoms with Gasteiger partial charge in [-0.2, -0.15) is 0 Å². The smallest absolute Gasteiger partial charge is 0.336 e. The van der Waals surface area contributed by atoms with Crippen molar-refractivity contribution in [3.8, 4) is 5.75 Å². The summed E-state index contributed by atoms with van der Waals surface area (Å²) >= 11 is 0. The highest BCUT2D eigenvalue weighted by molar-refractivity contribution is 5.85. The van der Waals surface area contributed by atoms with E-state index in [0.717, 1.165) is 16.5 Å². The number of carboxylic acid groups (broad SMARTS) is 1. The number of benzene rings is 2. The van der Waals surface area contributed by atoms with Crippen LogP contribution in [0.1, 0.15) is 36.5 Å². The Morgan fingerprint density at radius 2 is 1.82 bits per heavy atom. The van der Waals surface area contributed by atoms with E-state index in [9.17, 15) is 19.5 Å². The third-order valence-corrected chi connectivity index (χ3v) is 6.63. The van der Waals surface area contributed by atoms with Gasteiger partial charge in [-0.05, 0) is 49.4 Å². The molecule has 1 aromatic heterocycles. The van der Waals surface area contributed by atoms with Gasteiger partial charge < -0.3 is 19.2 Å². The van der Waals surface area contributed by atoms with Crippen LogP contribution in [0.25, 0.3) is 11.0 Å². The van der Waals surface area contributed by atoms with E-state index in [1.165, 1.54) is 6.07 Å². The summed E-state index contributed by atoms with van der Waals surface area (Å²) in [5.74, 6) is -0.587. The summed E-state index contributed by atoms with van der Waals surface area (Å²) in [4.78, 5) is 38.5. The van der Waals surface area contributed by atoms with Crippen LogP contribution in [0, 0.1) is 6.92 Å². The first-order chi connectivity index (χ1) is 15.9. The van der Waals surface area contributed by atoms with Crippen molar-refractivity contribution in [1.82, 2.24) is 4.90 Å². The fourth-order valence-corrected chi connectivity index (χ4v) is 4.61. The van der Waals surface area contributed by atoms with Gasteiger partial charge in [0.25, 0.3) is 5.91 Å². The van der Waals surface area contributed by atoms with Gasteiger partial charge in [0.1, 0.15) is 11.3 Å². The van der Waals surface area contributed by atoms with Crippen molar-refractivity contribution < 1.29 is 23.8 Å². The molecule has 4 rings (SSSR count). The zero-order chi connectivity index (χ0) is 23.6. The molecule has 7 nitrogen and oxygen atoms in total. The lowest BCUT2D eigenvalue weighted by molar-refractivity contribution is -0.148. The number of hydrogen-bond donors (Lipinski definition) is 1. The molecule has 3 aromatic rings. The number of rotatable bonds is 6. The molecular weight excluding hydrogens is 422 g/mol. The summed E-state index contributed by atoms with van der Waals surface area (Å²) in [6.07, 6.45) is 1.39. The van der Waals surface area contributed by atoms with Gasteiger partial charge in [0.05, 0.1) is 5.41 Å². The van der Waals surface area contributed by atoms with Gasteiger partial charge in [-0.15, -0.1) is 0 Å². The standard InChI is InChI=1S/C26H27NO6/c1-3-18-15-23(29)33-24-17(2)21(10-9-20(18)24)32-16-22(28)27-13-11-26(12-14-27,25(30)31)19-7-5-4-6-8-19/h4-10,15H,3,11-14,16H2,1-2H3,(H,30,31). The van der Waals surface area contributed by atoms with Gasteiger partial charge in [0.15, 0.2) is 6.61 Å². The Hall–Kier alpha value is -3.61. The van der Waals surface area contributed by atoms with E-state index in [1.807, 2.05) is 43.3 Å². The van der Waals surface area contributed by atoms with Crippen LogP contribution in [0.2, 0.25) is 0 Å². The molecular formula is C26H27NO6. The number of nitrogens with zero attached hydrogens (tertiary/aromatic N) is 1. The lowest BCUT2D eigenvalue weighted by atomic mass is 9.73. The number of carbonyl (C=O) groups excluding carboxylic acids is 1. The highest BCUT2D eigenvalue weighted by atomic mass is 16.5. The van der Waals surface area contributed by atoms with Crippen LogP contribution in [0.4, 0.5) is 0 Å². The molecule has 0 spiro atoms. The number of hydrogen-bond acceptors (Lipinski definition) is 5. The number of aliphatic carboxylic acids is 1. The SMILES string of the molecule is CCc1cc(=O)oc2c(C)c(OCC(=O)N3CCC(C(=O)O)(c4ccccc4)CC3)ccc12. The second kappa shape index (κ2) is 9.10. The Morgan fingerprint density at radius 3 is 2.45 bits per heavy atom. The third kappa shape index (κ3) is 4.23. The third-order valence-electron chi connectivity index (χ3n) is 6.63. The Labute approximate surface area is 191 Å².